The van der Waals surface area contributed by atoms with E-state index in [4.69, 9.17) is 0 Å². The van der Waals surface area contributed by atoms with Crippen molar-refractivity contribution in [1.82, 2.24) is 0 Å². The van der Waals surface area contributed by atoms with Crippen LogP contribution in [-0.2, 0) is 9.59 Å². The second-order valence-electron chi connectivity index (χ2n) is 6.34. The quantitative estimate of drug-likeness (QED) is 0.777. The number of hydrogen-bond donors (Lipinski definition) is 0. The molecule has 0 aliphatic carbocycles. The first kappa shape index (κ1) is 16.3. The molecule has 26 heavy (non-hydrogen) atoms. The van der Waals surface area contributed by atoms with Crippen LogP contribution in [0.15, 0.2) is 46.7 Å². The smallest absolute Gasteiger partial charge is 0.263 e. The molecule has 6 nitrogen and oxygen atoms in total. The van der Waals surface area contributed by atoms with Gasteiger partial charge in [-0.15, -0.1) is 0 Å². The van der Waals surface area contributed by atoms with Gasteiger partial charge >= 0.3 is 0 Å². The fraction of sp³-hybridized carbons (Fsp3) is 0.222. The van der Waals surface area contributed by atoms with Crippen LogP contribution in [0.1, 0.15) is 11.1 Å². The zero-order chi connectivity index (χ0) is 18.6. The fourth-order valence-corrected chi connectivity index (χ4v) is 3.30. The van der Waals surface area contributed by atoms with Gasteiger partial charge in [0, 0.05) is 6.07 Å². The highest BCUT2D eigenvalue weighted by molar-refractivity contribution is 6.26. The summed E-state index contributed by atoms with van der Waals surface area (Å²) >= 11 is 0. The van der Waals surface area contributed by atoms with Crippen LogP contribution < -0.4 is 9.91 Å². The molecule has 1 saturated heterocycles. The summed E-state index contributed by atoms with van der Waals surface area (Å²) in [5.41, 5.74) is 2.58. The summed E-state index contributed by atoms with van der Waals surface area (Å²) < 4.78 is 26.7. The van der Waals surface area contributed by atoms with E-state index >= 15 is 0 Å². The minimum absolute atomic E-state index is 0.0240. The van der Waals surface area contributed by atoms with E-state index in [9.17, 15) is 18.4 Å². The number of halogens is 2. The molecule has 2 aliphatic heterocycles. The van der Waals surface area contributed by atoms with Crippen LogP contribution in [0.4, 0.5) is 20.2 Å². The number of carbonyl (C=O) groups excluding carboxylic acids is 2. The van der Waals surface area contributed by atoms with E-state index < -0.39 is 35.5 Å². The second-order valence-corrected chi connectivity index (χ2v) is 6.34. The Kier molecular flexibility index (Phi) is 3.57. The first-order valence-corrected chi connectivity index (χ1v) is 7.98. The van der Waals surface area contributed by atoms with Crippen molar-refractivity contribution < 1.29 is 18.4 Å². The summed E-state index contributed by atoms with van der Waals surface area (Å²) in [6, 6.07) is 6.57. The van der Waals surface area contributed by atoms with E-state index in [1.54, 1.807) is 0 Å². The zero-order valence-corrected chi connectivity index (χ0v) is 14.0. The summed E-state index contributed by atoms with van der Waals surface area (Å²) in [6.07, 6.45) is 0. The lowest BCUT2D eigenvalue weighted by atomic mass is 10.1. The Balaban J connectivity index is 1.72. The van der Waals surface area contributed by atoms with Gasteiger partial charge in [0.15, 0.2) is 23.7 Å². The third-order valence-corrected chi connectivity index (χ3v) is 4.54. The van der Waals surface area contributed by atoms with Crippen molar-refractivity contribution in [1.29, 1.82) is 0 Å². The van der Waals surface area contributed by atoms with Crippen LogP contribution in [-0.4, -0.2) is 23.9 Å². The highest BCUT2D eigenvalue weighted by Gasteiger charge is 2.55. The molecule has 2 heterocycles. The maximum Gasteiger partial charge on any atom is 0.263 e. The lowest BCUT2D eigenvalue weighted by Crippen LogP contribution is -2.40. The molecule has 2 amide bonds. The molecular weight excluding hydrogens is 342 g/mol. The van der Waals surface area contributed by atoms with Crippen LogP contribution in [0.25, 0.3) is 0 Å². The molecule has 8 heteroatoms. The molecule has 2 atom stereocenters. The number of anilines is 2. The first-order valence-electron chi connectivity index (χ1n) is 7.98. The van der Waals surface area contributed by atoms with Crippen molar-refractivity contribution in [3.63, 3.8) is 0 Å². The monoisotopic (exact) mass is 356 g/mol. The van der Waals surface area contributed by atoms with Gasteiger partial charge in [-0.05, 0) is 37.6 Å². The molecule has 2 unspecified atom stereocenters. The van der Waals surface area contributed by atoms with Crippen LogP contribution in [0.2, 0.25) is 0 Å². The topological polar surface area (TPSA) is 65.3 Å². The van der Waals surface area contributed by atoms with Crippen LogP contribution in [0, 0.1) is 25.5 Å². The van der Waals surface area contributed by atoms with E-state index in [0.717, 1.165) is 28.2 Å². The number of benzene rings is 2. The van der Waals surface area contributed by atoms with Gasteiger partial charge in [-0.25, -0.2) is 18.7 Å². The maximum atomic E-state index is 13.5. The van der Waals surface area contributed by atoms with Crippen LogP contribution >= 0.6 is 0 Å². The van der Waals surface area contributed by atoms with Crippen LogP contribution in [0.3, 0.4) is 0 Å². The highest BCUT2D eigenvalue weighted by Crippen LogP contribution is 2.36. The minimum atomic E-state index is -1.13. The number of hydrogen-bond acceptors (Lipinski definition) is 5. The molecule has 0 aromatic heterocycles. The number of amides is 2. The van der Waals surface area contributed by atoms with Gasteiger partial charge in [0.25, 0.3) is 11.8 Å². The summed E-state index contributed by atoms with van der Waals surface area (Å²) in [5.74, 6) is -3.37. The standard InChI is InChI=1S/C18H14F2N4O2/c1-9-3-6-14(10(2)7-9)24-16-15(21-22-24)17(25)23(18(16)26)11-4-5-12(19)13(20)8-11/h3-8,15-16H,1-2H3. The molecule has 1 fully saturated rings. The number of aryl methyl sites for hydroxylation is 2. The number of fused-ring (bicyclic) bond motifs is 1. The summed E-state index contributed by atoms with van der Waals surface area (Å²) in [6.45, 7) is 3.82. The Hall–Kier alpha value is -3.16. The van der Waals surface area contributed by atoms with E-state index in [0.29, 0.717) is 5.69 Å². The highest BCUT2D eigenvalue weighted by atomic mass is 19.2. The Morgan fingerprint density at radius 2 is 1.73 bits per heavy atom. The summed E-state index contributed by atoms with van der Waals surface area (Å²) in [7, 11) is 0. The van der Waals surface area contributed by atoms with E-state index in [1.165, 1.54) is 11.1 Å². The Bertz CT molecular complexity index is 976. The number of carbonyl (C=O) groups is 2. The number of imide groups is 1. The molecule has 0 spiro atoms. The molecule has 0 saturated carbocycles. The number of rotatable bonds is 2. The summed E-state index contributed by atoms with van der Waals surface area (Å²) in [4.78, 5) is 26.3. The first-order chi connectivity index (χ1) is 12.4. The zero-order valence-electron chi connectivity index (χ0n) is 14.0. The van der Waals surface area contributed by atoms with Gasteiger partial charge in [0.1, 0.15) is 0 Å². The van der Waals surface area contributed by atoms with E-state index in [2.05, 4.69) is 10.3 Å². The van der Waals surface area contributed by atoms with Crippen molar-refractivity contribution >= 4 is 23.2 Å². The third kappa shape index (κ3) is 2.29. The molecule has 2 aromatic carbocycles. The van der Waals surface area contributed by atoms with Crippen molar-refractivity contribution in [3.8, 4) is 0 Å². The lowest BCUT2D eigenvalue weighted by Gasteiger charge is -2.22. The molecule has 2 aromatic rings. The molecule has 0 N–H and O–H groups in total. The molecule has 2 aliphatic rings. The molecule has 0 bridgehead atoms. The predicted molar refractivity (Wildman–Crippen MR) is 89.7 cm³/mol. The fourth-order valence-electron chi connectivity index (χ4n) is 3.30. The van der Waals surface area contributed by atoms with E-state index in [-0.39, 0.29) is 5.69 Å². The average molecular weight is 356 g/mol. The van der Waals surface area contributed by atoms with E-state index in [1.807, 2.05) is 32.0 Å². The summed E-state index contributed by atoms with van der Waals surface area (Å²) in [5, 5.41) is 9.35. The Morgan fingerprint density at radius 1 is 0.962 bits per heavy atom. The van der Waals surface area contributed by atoms with Gasteiger partial charge in [0.05, 0.1) is 11.4 Å². The van der Waals surface area contributed by atoms with Crippen molar-refractivity contribution in [2.75, 3.05) is 9.91 Å². The van der Waals surface area contributed by atoms with Crippen molar-refractivity contribution in [2.24, 2.45) is 10.3 Å². The van der Waals surface area contributed by atoms with Crippen molar-refractivity contribution in [3.05, 3.63) is 59.2 Å². The molecular formula is C18H14F2N4O2. The Morgan fingerprint density at radius 3 is 2.42 bits per heavy atom. The Labute approximate surface area is 147 Å². The predicted octanol–water partition coefficient (Wildman–Crippen LogP) is 3.08. The molecule has 0 radical (unpaired) electrons. The maximum absolute atomic E-state index is 13.5. The molecule has 132 valence electrons. The normalized spacial score (nSPS) is 21.7. The number of nitrogens with zero attached hydrogens (tertiary/aromatic N) is 4. The van der Waals surface area contributed by atoms with Gasteiger partial charge < -0.3 is 0 Å². The van der Waals surface area contributed by atoms with Crippen molar-refractivity contribution in [2.45, 2.75) is 25.9 Å². The third-order valence-electron chi connectivity index (χ3n) is 4.54. The van der Waals surface area contributed by atoms with Gasteiger partial charge in [0.2, 0.25) is 0 Å². The average Bonchev–Trinajstić information content (AvgIpc) is 3.12. The SMILES string of the molecule is Cc1ccc(N2N=NC3C(=O)N(c4ccc(F)c(F)c4)C(=O)C32)c(C)c1. The second kappa shape index (κ2) is 5.69. The van der Waals surface area contributed by atoms with Gasteiger partial charge in [-0.2, -0.15) is 5.11 Å². The minimum Gasteiger partial charge on any atom is -0.271 e. The van der Waals surface area contributed by atoms with Gasteiger partial charge in [-0.1, -0.05) is 22.9 Å². The van der Waals surface area contributed by atoms with Gasteiger partial charge in [-0.3, -0.25) is 9.59 Å². The molecule has 4 rings (SSSR count). The lowest BCUT2D eigenvalue weighted by molar-refractivity contribution is -0.121. The van der Waals surface area contributed by atoms with Crippen LogP contribution in [0.5, 0.6) is 0 Å². The largest absolute Gasteiger partial charge is 0.271 e.